The first-order valence-electron chi connectivity index (χ1n) is 3.70. The zero-order valence-corrected chi connectivity index (χ0v) is 6.82. The van der Waals surface area contributed by atoms with Gasteiger partial charge in [0.2, 0.25) is 0 Å². The first kappa shape index (κ1) is 8.42. The predicted octanol–water partition coefficient (Wildman–Crippen LogP) is 0.662. The standard InChI is InChI=1S/C7H4N4O3/c12-10-7(11(13)14)2-1-6-5(3-7)4-8-9-6/h1-4H. The lowest BCUT2D eigenvalue weighted by atomic mass is 9.98. The van der Waals surface area contributed by atoms with Crippen LogP contribution in [0, 0.1) is 15.0 Å². The molecule has 0 aromatic carbocycles. The highest BCUT2D eigenvalue weighted by Gasteiger charge is 2.43. The summed E-state index contributed by atoms with van der Waals surface area (Å²) in [5.74, 6) is 0. The SMILES string of the molecule is O=NC1([N+](=O)[O-])C=CC2=NN=CC2=C1. The van der Waals surface area contributed by atoms with E-state index in [1.807, 2.05) is 0 Å². The fourth-order valence-corrected chi connectivity index (χ4v) is 1.20. The summed E-state index contributed by atoms with van der Waals surface area (Å²) >= 11 is 0. The maximum Gasteiger partial charge on any atom is 0.387 e. The van der Waals surface area contributed by atoms with Crippen LogP contribution < -0.4 is 0 Å². The molecule has 0 fully saturated rings. The molecule has 0 N–H and O–H groups in total. The molecule has 7 nitrogen and oxygen atoms in total. The van der Waals surface area contributed by atoms with Gasteiger partial charge in [0.25, 0.3) is 0 Å². The second-order valence-corrected chi connectivity index (χ2v) is 2.79. The molecule has 0 radical (unpaired) electrons. The molecular formula is C7H4N4O3. The van der Waals surface area contributed by atoms with Gasteiger partial charge in [-0.3, -0.25) is 10.1 Å². The maximum absolute atomic E-state index is 10.6. The number of nitrogens with zero attached hydrogens (tertiary/aromatic N) is 4. The minimum atomic E-state index is -2.01. The van der Waals surface area contributed by atoms with E-state index >= 15 is 0 Å². The number of nitro groups is 1. The number of fused-ring (bicyclic) bond motifs is 1. The molecular weight excluding hydrogens is 188 g/mol. The lowest BCUT2D eigenvalue weighted by Crippen LogP contribution is -2.34. The van der Waals surface area contributed by atoms with E-state index < -0.39 is 10.6 Å². The Morgan fingerprint density at radius 2 is 2.36 bits per heavy atom. The fourth-order valence-electron chi connectivity index (χ4n) is 1.20. The highest BCUT2D eigenvalue weighted by molar-refractivity contribution is 6.24. The van der Waals surface area contributed by atoms with E-state index in [4.69, 9.17) is 0 Å². The third-order valence-corrected chi connectivity index (χ3v) is 1.95. The molecule has 1 atom stereocenters. The van der Waals surface area contributed by atoms with Crippen LogP contribution >= 0.6 is 0 Å². The average Bonchev–Trinajstić information content (AvgIpc) is 2.63. The molecule has 1 aliphatic heterocycles. The molecule has 0 spiro atoms. The lowest BCUT2D eigenvalue weighted by Gasteiger charge is -2.13. The van der Waals surface area contributed by atoms with Gasteiger partial charge in [-0.15, -0.1) is 4.91 Å². The molecule has 0 aromatic heterocycles. The number of hydrogen-bond acceptors (Lipinski definition) is 6. The van der Waals surface area contributed by atoms with Gasteiger partial charge in [-0.05, 0) is 6.08 Å². The Labute approximate surface area is 77.6 Å². The Hall–Kier alpha value is -2.18. The van der Waals surface area contributed by atoms with Crippen LogP contribution in [0.2, 0.25) is 0 Å². The second-order valence-electron chi connectivity index (χ2n) is 2.79. The van der Waals surface area contributed by atoms with Gasteiger partial charge < -0.3 is 0 Å². The average molecular weight is 192 g/mol. The van der Waals surface area contributed by atoms with Gasteiger partial charge in [0.15, 0.2) is 0 Å². The van der Waals surface area contributed by atoms with Gasteiger partial charge >= 0.3 is 5.66 Å². The first-order valence-corrected chi connectivity index (χ1v) is 3.70. The van der Waals surface area contributed by atoms with Crippen LogP contribution in [0.3, 0.4) is 0 Å². The van der Waals surface area contributed by atoms with Crippen LogP contribution in [0.1, 0.15) is 0 Å². The van der Waals surface area contributed by atoms with Crippen molar-refractivity contribution >= 4 is 11.9 Å². The van der Waals surface area contributed by atoms with E-state index in [1.165, 1.54) is 12.3 Å². The van der Waals surface area contributed by atoms with Crippen LogP contribution in [0.15, 0.2) is 39.2 Å². The van der Waals surface area contributed by atoms with Crippen molar-refractivity contribution in [1.29, 1.82) is 0 Å². The van der Waals surface area contributed by atoms with E-state index in [1.54, 1.807) is 0 Å². The molecule has 0 saturated carbocycles. The third kappa shape index (κ3) is 0.987. The lowest BCUT2D eigenvalue weighted by molar-refractivity contribution is -0.538. The van der Waals surface area contributed by atoms with Crippen molar-refractivity contribution in [2.24, 2.45) is 15.4 Å². The van der Waals surface area contributed by atoms with Crippen molar-refractivity contribution in [3.8, 4) is 0 Å². The fraction of sp³-hybridized carbons (Fsp3) is 0.143. The number of allylic oxidation sites excluding steroid dienone is 2. The van der Waals surface area contributed by atoms with Crippen LogP contribution in [0.25, 0.3) is 0 Å². The number of rotatable bonds is 2. The Morgan fingerprint density at radius 1 is 1.57 bits per heavy atom. The highest BCUT2D eigenvalue weighted by Crippen LogP contribution is 2.24. The van der Waals surface area contributed by atoms with E-state index in [0.29, 0.717) is 11.3 Å². The van der Waals surface area contributed by atoms with Gasteiger partial charge in [-0.25, -0.2) is 0 Å². The summed E-state index contributed by atoms with van der Waals surface area (Å²) in [6.07, 6.45) is 4.95. The monoisotopic (exact) mass is 192 g/mol. The molecule has 70 valence electrons. The first-order chi connectivity index (χ1) is 6.68. The second kappa shape index (κ2) is 2.66. The van der Waals surface area contributed by atoms with Crippen molar-refractivity contribution in [2.75, 3.05) is 0 Å². The normalized spacial score (nSPS) is 28.0. The van der Waals surface area contributed by atoms with Crippen LogP contribution in [-0.4, -0.2) is 22.5 Å². The van der Waals surface area contributed by atoms with E-state index in [9.17, 15) is 15.0 Å². The maximum atomic E-state index is 10.6. The summed E-state index contributed by atoms with van der Waals surface area (Å²) in [4.78, 5) is 20.3. The Kier molecular flexibility index (Phi) is 1.60. The topological polar surface area (TPSA) is 97.3 Å². The van der Waals surface area contributed by atoms with Gasteiger partial charge in [-0.2, -0.15) is 10.2 Å². The van der Waals surface area contributed by atoms with Crippen molar-refractivity contribution in [2.45, 2.75) is 5.66 Å². The van der Waals surface area contributed by atoms with E-state index in [0.717, 1.165) is 12.2 Å². The Balaban J connectivity index is 2.51. The van der Waals surface area contributed by atoms with E-state index in [2.05, 4.69) is 15.4 Å². The predicted molar refractivity (Wildman–Crippen MR) is 48.7 cm³/mol. The molecule has 0 amide bonds. The van der Waals surface area contributed by atoms with Gasteiger partial charge in [-0.1, -0.05) is 0 Å². The summed E-state index contributed by atoms with van der Waals surface area (Å²) < 4.78 is 0. The molecule has 0 bridgehead atoms. The van der Waals surface area contributed by atoms with Gasteiger partial charge in [0, 0.05) is 22.9 Å². The Morgan fingerprint density at radius 3 is 3.00 bits per heavy atom. The van der Waals surface area contributed by atoms with E-state index in [-0.39, 0.29) is 0 Å². The zero-order chi connectivity index (χ0) is 10.2. The number of hydrogen-bond donors (Lipinski definition) is 0. The van der Waals surface area contributed by atoms with Crippen LogP contribution in [0.5, 0.6) is 0 Å². The summed E-state index contributed by atoms with van der Waals surface area (Å²) in [5, 5.41) is 20.4. The van der Waals surface area contributed by atoms with Crippen molar-refractivity contribution in [1.82, 2.24) is 0 Å². The molecule has 0 saturated heterocycles. The van der Waals surface area contributed by atoms with Crippen LogP contribution in [0.4, 0.5) is 0 Å². The summed E-state index contributed by atoms with van der Waals surface area (Å²) in [7, 11) is 0. The quantitative estimate of drug-likeness (QED) is 0.365. The molecule has 0 aromatic rings. The molecule has 2 aliphatic rings. The smallest absolute Gasteiger partial charge is 0.261 e. The zero-order valence-electron chi connectivity index (χ0n) is 6.82. The van der Waals surface area contributed by atoms with Crippen molar-refractivity contribution in [3.63, 3.8) is 0 Å². The summed E-state index contributed by atoms with van der Waals surface area (Å²) in [6.45, 7) is 0. The molecule has 1 heterocycles. The Bertz CT molecular complexity index is 434. The van der Waals surface area contributed by atoms with Gasteiger partial charge in [0.05, 0.1) is 16.8 Å². The molecule has 1 aliphatic carbocycles. The molecule has 2 rings (SSSR count). The summed E-state index contributed by atoms with van der Waals surface area (Å²) in [5.41, 5.74) is -1.06. The van der Waals surface area contributed by atoms with Crippen LogP contribution in [-0.2, 0) is 0 Å². The third-order valence-electron chi connectivity index (χ3n) is 1.95. The minimum Gasteiger partial charge on any atom is -0.261 e. The highest BCUT2D eigenvalue weighted by atomic mass is 16.6. The largest absolute Gasteiger partial charge is 0.387 e. The minimum absolute atomic E-state index is 0.448. The molecule has 1 unspecified atom stereocenters. The number of nitroso groups, excluding NO2 is 1. The van der Waals surface area contributed by atoms with Crippen molar-refractivity contribution in [3.05, 3.63) is 38.8 Å². The molecule has 14 heavy (non-hydrogen) atoms. The molecule has 7 heteroatoms. The summed E-state index contributed by atoms with van der Waals surface area (Å²) in [6, 6.07) is 0. The van der Waals surface area contributed by atoms with Gasteiger partial charge in [0.1, 0.15) is 0 Å². The van der Waals surface area contributed by atoms with Crippen molar-refractivity contribution < 1.29 is 4.92 Å².